The van der Waals surface area contributed by atoms with Crippen molar-refractivity contribution in [1.29, 1.82) is 0 Å². The van der Waals surface area contributed by atoms with Crippen molar-refractivity contribution >= 4 is 32.0 Å². The number of rotatable bonds is 5. The Kier molecular flexibility index (Phi) is 5.43. The Morgan fingerprint density at radius 3 is 2.59 bits per heavy atom. The zero-order valence-electron chi connectivity index (χ0n) is 16.1. The van der Waals surface area contributed by atoms with Crippen LogP contribution in [0, 0.1) is 0 Å². The van der Waals surface area contributed by atoms with E-state index in [0.29, 0.717) is 30.3 Å². The molecule has 8 nitrogen and oxygen atoms in total. The van der Waals surface area contributed by atoms with Gasteiger partial charge in [-0.2, -0.15) is 4.31 Å². The van der Waals surface area contributed by atoms with Crippen LogP contribution in [0.3, 0.4) is 0 Å². The van der Waals surface area contributed by atoms with Gasteiger partial charge in [0.15, 0.2) is 4.96 Å². The Morgan fingerprint density at radius 1 is 1.21 bits per heavy atom. The van der Waals surface area contributed by atoms with Crippen LogP contribution < -0.4 is 10.9 Å². The first-order valence-corrected chi connectivity index (χ1v) is 11.6. The summed E-state index contributed by atoms with van der Waals surface area (Å²) in [6, 6.07) is 8.11. The molecular formula is C19H22N4O4S2. The van der Waals surface area contributed by atoms with Gasteiger partial charge in [-0.3, -0.25) is 9.20 Å². The first-order chi connectivity index (χ1) is 13.8. The number of nitrogens with zero attached hydrogens (tertiary/aromatic N) is 3. The SMILES string of the molecule is CC1CN(S(=O)(=O)c2ccc(NCc3cc(=O)n4ccsc4n3)cc2)CC(C)O1. The van der Waals surface area contributed by atoms with Gasteiger partial charge in [0.2, 0.25) is 10.0 Å². The van der Waals surface area contributed by atoms with Gasteiger partial charge in [-0.05, 0) is 38.1 Å². The van der Waals surface area contributed by atoms with Gasteiger partial charge in [0.1, 0.15) is 0 Å². The number of benzene rings is 1. The molecule has 3 aromatic rings. The second-order valence-electron chi connectivity index (χ2n) is 7.10. The number of hydrogen-bond acceptors (Lipinski definition) is 7. The van der Waals surface area contributed by atoms with Crippen molar-refractivity contribution in [3.05, 3.63) is 58.0 Å². The monoisotopic (exact) mass is 434 g/mol. The van der Waals surface area contributed by atoms with Gasteiger partial charge in [-0.25, -0.2) is 13.4 Å². The first-order valence-electron chi connectivity index (χ1n) is 9.28. The molecule has 29 heavy (non-hydrogen) atoms. The number of thiazole rings is 1. The van der Waals surface area contributed by atoms with Crippen molar-refractivity contribution in [1.82, 2.24) is 13.7 Å². The second-order valence-corrected chi connectivity index (χ2v) is 9.91. The zero-order valence-corrected chi connectivity index (χ0v) is 17.7. The number of morpholine rings is 1. The Balaban J connectivity index is 1.46. The minimum absolute atomic E-state index is 0.122. The number of sulfonamides is 1. The summed E-state index contributed by atoms with van der Waals surface area (Å²) in [5.41, 5.74) is 1.26. The molecular weight excluding hydrogens is 412 g/mol. The Hall–Kier alpha value is -2.27. The van der Waals surface area contributed by atoms with Crippen molar-refractivity contribution in [2.24, 2.45) is 0 Å². The molecule has 2 unspecified atom stereocenters. The lowest BCUT2D eigenvalue weighted by Gasteiger charge is -2.34. The molecule has 1 aliphatic heterocycles. The summed E-state index contributed by atoms with van der Waals surface area (Å²) in [5.74, 6) is 0. The average Bonchev–Trinajstić information content (AvgIpc) is 3.15. The minimum atomic E-state index is -3.56. The third-order valence-electron chi connectivity index (χ3n) is 4.71. The third-order valence-corrected chi connectivity index (χ3v) is 7.31. The van der Waals surface area contributed by atoms with E-state index in [9.17, 15) is 13.2 Å². The van der Waals surface area contributed by atoms with Crippen LogP contribution in [-0.2, 0) is 21.3 Å². The van der Waals surface area contributed by atoms with Gasteiger partial charge >= 0.3 is 0 Å². The standard InChI is InChI=1S/C19H22N4O4S2/c1-13-11-22(12-14(2)27-13)29(25,26)17-5-3-15(4-6-17)20-10-16-9-18(24)23-7-8-28-19(23)21-16/h3-9,13-14,20H,10-12H2,1-2H3. The molecule has 0 saturated carbocycles. The van der Waals surface area contributed by atoms with E-state index in [1.54, 1.807) is 30.5 Å². The van der Waals surface area contributed by atoms with Crippen LogP contribution in [-0.4, -0.2) is 47.4 Å². The van der Waals surface area contributed by atoms with E-state index in [2.05, 4.69) is 10.3 Å². The van der Waals surface area contributed by atoms with E-state index in [4.69, 9.17) is 4.74 Å². The quantitative estimate of drug-likeness (QED) is 0.662. The van der Waals surface area contributed by atoms with Crippen molar-refractivity contribution in [2.75, 3.05) is 18.4 Å². The number of hydrogen-bond donors (Lipinski definition) is 1. The Morgan fingerprint density at radius 2 is 1.90 bits per heavy atom. The summed E-state index contributed by atoms with van der Waals surface area (Å²) in [7, 11) is -3.56. The minimum Gasteiger partial charge on any atom is -0.379 e. The van der Waals surface area contributed by atoms with Crippen LogP contribution in [0.4, 0.5) is 5.69 Å². The molecule has 2 aromatic heterocycles. The van der Waals surface area contributed by atoms with Crippen molar-refractivity contribution in [3.63, 3.8) is 0 Å². The van der Waals surface area contributed by atoms with Crippen molar-refractivity contribution in [3.8, 4) is 0 Å². The van der Waals surface area contributed by atoms with Crippen LogP contribution in [0.2, 0.25) is 0 Å². The van der Waals surface area contributed by atoms with Gasteiger partial charge in [0.25, 0.3) is 5.56 Å². The highest BCUT2D eigenvalue weighted by Gasteiger charge is 2.32. The fourth-order valence-electron chi connectivity index (χ4n) is 3.39. The Bertz CT molecular complexity index is 1160. The molecule has 0 spiro atoms. The normalized spacial score (nSPS) is 20.8. The molecule has 0 bridgehead atoms. The van der Waals surface area contributed by atoms with E-state index >= 15 is 0 Å². The lowest BCUT2D eigenvalue weighted by atomic mass is 10.3. The number of aromatic nitrogens is 2. The largest absolute Gasteiger partial charge is 0.379 e. The first kappa shape index (κ1) is 20.0. The summed E-state index contributed by atoms with van der Waals surface area (Å²) >= 11 is 1.40. The van der Waals surface area contributed by atoms with Gasteiger partial charge < -0.3 is 10.1 Å². The molecule has 154 valence electrons. The highest BCUT2D eigenvalue weighted by atomic mass is 32.2. The molecule has 1 aromatic carbocycles. The highest BCUT2D eigenvalue weighted by Crippen LogP contribution is 2.22. The van der Waals surface area contributed by atoms with Gasteiger partial charge in [0, 0.05) is 36.4 Å². The zero-order chi connectivity index (χ0) is 20.6. The maximum absolute atomic E-state index is 12.9. The molecule has 2 atom stereocenters. The van der Waals surface area contributed by atoms with E-state index < -0.39 is 10.0 Å². The molecule has 1 N–H and O–H groups in total. The van der Waals surface area contributed by atoms with Gasteiger partial charge in [0.05, 0.1) is 29.3 Å². The number of anilines is 1. The van der Waals surface area contributed by atoms with Crippen LogP contribution in [0.1, 0.15) is 19.5 Å². The number of ether oxygens (including phenoxy) is 1. The van der Waals surface area contributed by atoms with E-state index in [-0.39, 0.29) is 22.7 Å². The number of nitrogens with one attached hydrogen (secondary N) is 1. The highest BCUT2D eigenvalue weighted by molar-refractivity contribution is 7.89. The smallest absolute Gasteiger partial charge is 0.258 e. The van der Waals surface area contributed by atoms with Crippen LogP contribution in [0.25, 0.3) is 4.96 Å². The lowest BCUT2D eigenvalue weighted by molar-refractivity contribution is -0.0440. The summed E-state index contributed by atoms with van der Waals surface area (Å²) in [4.78, 5) is 17.4. The van der Waals surface area contributed by atoms with Crippen LogP contribution in [0.5, 0.6) is 0 Å². The van der Waals surface area contributed by atoms with Crippen molar-refractivity contribution in [2.45, 2.75) is 37.5 Å². The fourth-order valence-corrected chi connectivity index (χ4v) is 5.72. The van der Waals surface area contributed by atoms with Crippen LogP contribution >= 0.6 is 11.3 Å². The van der Waals surface area contributed by atoms with Gasteiger partial charge in [-0.1, -0.05) is 0 Å². The predicted molar refractivity (Wildman–Crippen MR) is 112 cm³/mol. The third kappa shape index (κ3) is 4.20. The molecule has 1 fully saturated rings. The van der Waals surface area contributed by atoms with Crippen molar-refractivity contribution < 1.29 is 13.2 Å². The maximum atomic E-state index is 12.9. The molecule has 1 aliphatic rings. The number of fused-ring (bicyclic) bond motifs is 1. The molecule has 1 saturated heterocycles. The maximum Gasteiger partial charge on any atom is 0.258 e. The molecule has 0 aliphatic carbocycles. The van der Waals surface area contributed by atoms with Gasteiger partial charge in [-0.15, -0.1) is 11.3 Å². The Labute approximate surface area is 172 Å². The van der Waals surface area contributed by atoms with E-state index in [1.165, 1.54) is 26.1 Å². The molecule has 4 rings (SSSR count). The molecule has 0 amide bonds. The topological polar surface area (TPSA) is 93.0 Å². The lowest BCUT2D eigenvalue weighted by Crippen LogP contribution is -2.48. The fraction of sp³-hybridized carbons (Fsp3) is 0.368. The van der Waals surface area contributed by atoms with E-state index in [0.717, 1.165) is 5.69 Å². The summed E-state index contributed by atoms with van der Waals surface area (Å²) in [6.45, 7) is 4.81. The summed E-state index contributed by atoms with van der Waals surface area (Å²) < 4.78 is 34.4. The summed E-state index contributed by atoms with van der Waals surface area (Å²) in [5, 5.41) is 5.00. The molecule has 3 heterocycles. The van der Waals surface area contributed by atoms with E-state index in [1.807, 2.05) is 19.2 Å². The summed E-state index contributed by atoms with van der Waals surface area (Å²) in [6.07, 6.45) is 1.43. The second kappa shape index (κ2) is 7.86. The predicted octanol–water partition coefficient (Wildman–Crippen LogP) is 2.17. The molecule has 0 radical (unpaired) electrons. The molecule has 10 heteroatoms. The average molecular weight is 435 g/mol. The van der Waals surface area contributed by atoms with Crippen LogP contribution in [0.15, 0.2) is 51.6 Å².